The van der Waals surface area contributed by atoms with Crippen LogP contribution in [0, 0.1) is 0 Å². The Morgan fingerprint density at radius 2 is 2.12 bits per heavy atom. The second-order valence-corrected chi connectivity index (χ2v) is 5.57. The number of nitrogens with two attached hydrogens (primary N) is 1. The minimum atomic E-state index is -0.350. The second-order valence-electron chi connectivity index (χ2n) is 3.53. The van der Waals surface area contributed by atoms with Gasteiger partial charge in [0.15, 0.2) is 4.60 Å². The van der Waals surface area contributed by atoms with Crippen molar-refractivity contribution >= 4 is 43.5 Å². The van der Waals surface area contributed by atoms with Crippen molar-refractivity contribution in [2.45, 2.75) is 6.04 Å². The summed E-state index contributed by atoms with van der Waals surface area (Å²) in [5.74, 6) is 0. The molecule has 0 radical (unpaired) electrons. The van der Waals surface area contributed by atoms with E-state index in [1.807, 2.05) is 12.1 Å². The van der Waals surface area contributed by atoms with Gasteiger partial charge in [0, 0.05) is 16.5 Å². The van der Waals surface area contributed by atoms with Gasteiger partial charge in [-0.2, -0.15) is 0 Å². The summed E-state index contributed by atoms with van der Waals surface area (Å²) in [4.78, 5) is 0. The monoisotopic (exact) mass is 378 g/mol. The molecule has 0 saturated heterocycles. The lowest BCUT2D eigenvalue weighted by molar-refractivity contribution is 0.650. The molecular weight excluding hydrogens is 371 g/mol. The molecule has 1 aromatic carbocycles. The van der Waals surface area contributed by atoms with Crippen LogP contribution >= 0.6 is 43.5 Å². The third-order valence-corrected chi connectivity index (χ3v) is 3.94. The van der Waals surface area contributed by atoms with E-state index < -0.39 is 0 Å². The fourth-order valence-corrected chi connectivity index (χ4v) is 2.82. The fraction of sp³-hybridized carbons (Fsp3) is 0.200. The van der Waals surface area contributed by atoms with Crippen LogP contribution in [0.2, 0.25) is 5.02 Å². The van der Waals surface area contributed by atoms with E-state index in [2.05, 4.69) is 42.2 Å². The van der Waals surface area contributed by atoms with Crippen LogP contribution in [-0.4, -0.2) is 15.0 Å². The van der Waals surface area contributed by atoms with Gasteiger partial charge in [-0.05, 0) is 39.7 Å². The number of aromatic nitrogens is 3. The highest BCUT2D eigenvalue weighted by Crippen LogP contribution is 2.31. The number of benzene rings is 1. The molecule has 17 heavy (non-hydrogen) atoms. The molecule has 1 heterocycles. The van der Waals surface area contributed by atoms with E-state index in [-0.39, 0.29) is 6.04 Å². The lowest BCUT2D eigenvalue weighted by Crippen LogP contribution is -2.17. The summed E-state index contributed by atoms with van der Waals surface area (Å²) in [6, 6.07) is 5.15. The van der Waals surface area contributed by atoms with E-state index in [0.717, 1.165) is 15.7 Å². The van der Waals surface area contributed by atoms with Crippen molar-refractivity contribution in [3.63, 3.8) is 0 Å². The highest BCUT2D eigenvalue weighted by Gasteiger charge is 2.20. The smallest absolute Gasteiger partial charge is 0.153 e. The topological polar surface area (TPSA) is 56.7 Å². The van der Waals surface area contributed by atoms with Crippen molar-refractivity contribution < 1.29 is 0 Å². The van der Waals surface area contributed by atoms with Crippen molar-refractivity contribution in [3.8, 4) is 0 Å². The quantitative estimate of drug-likeness (QED) is 0.871. The molecule has 4 nitrogen and oxygen atoms in total. The number of aryl methyl sites for hydroxylation is 1. The fourth-order valence-electron chi connectivity index (χ4n) is 1.57. The molecule has 2 aromatic rings. The average molecular weight is 380 g/mol. The van der Waals surface area contributed by atoms with Crippen LogP contribution in [0.1, 0.15) is 17.3 Å². The van der Waals surface area contributed by atoms with Crippen LogP contribution in [0.5, 0.6) is 0 Å². The van der Waals surface area contributed by atoms with Crippen molar-refractivity contribution in [1.82, 2.24) is 15.0 Å². The molecule has 0 bridgehead atoms. The maximum Gasteiger partial charge on any atom is 0.153 e. The molecule has 0 saturated carbocycles. The number of rotatable bonds is 2. The largest absolute Gasteiger partial charge is 0.319 e. The standard InChI is InChI=1S/C10H9Br2ClN4/c1-17-9(10(12)15-16-17)8(14)6-4-5(13)2-3-7(6)11/h2-4,8H,14H2,1H3. The molecule has 2 rings (SSSR count). The Morgan fingerprint density at radius 1 is 1.41 bits per heavy atom. The molecular formula is C10H9Br2ClN4. The van der Waals surface area contributed by atoms with E-state index in [1.165, 1.54) is 0 Å². The average Bonchev–Trinajstić information content (AvgIpc) is 2.61. The Balaban J connectivity index is 2.50. The molecule has 1 atom stereocenters. The zero-order valence-corrected chi connectivity index (χ0v) is 12.8. The van der Waals surface area contributed by atoms with E-state index in [1.54, 1.807) is 17.8 Å². The van der Waals surface area contributed by atoms with Crippen LogP contribution in [-0.2, 0) is 7.05 Å². The number of hydrogen-bond donors (Lipinski definition) is 1. The normalized spacial score (nSPS) is 12.8. The van der Waals surface area contributed by atoms with E-state index in [9.17, 15) is 0 Å². The lowest BCUT2D eigenvalue weighted by Gasteiger charge is -2.14. The minimum Gasteiger partial charge on any atom is -0.319 e. The molecule has 0 aliphatic carbocycles. The number of halogens is 3. The summed E-state index contributed by atoms with van der Waals surface area (Å²) in [5, 5.41) is 8.47. The maximum atomic E-state index is 6.21. The summed E-state index contributed by atoms with van der Waals surface area (Å²) in [5.41, 5.74) is 7.90. The lowest BCUT2D eigenvalue weighted by atomic mass is 10.1. The van der Waals surface area contributed by atoms with Gasteiger partial charge in [-0.3, -0.25) is 0 Å². The first-order valence-corrected chi connectivity index (χ1v) is 6.72. The van der Waals surface area contributed by atoms with E-state index >= 15 is 0 Å². The molecule has 0 aliphatic rings. The predicted molar refractivity (Wildman–Crippen MR) is 73.9 cm³/mol. The van der Waals surface area contributed by atoms with E-state index in [4.69, 9.17) is 17.3 Å². The van der Waals surface area contributed by atoms with Gasteiger partial charge >= 0.3 is 0 Å². The van der Waals surface area contributed by atoms with Gasteiger partial charge in [-0.15, -0.1) is 5.10 Å². The SMILES string of the molecule is Cn1nnc(Br)c1C(N)c1cc(Cl)ccc1Br. The second kappa shape index (κ2) is 5.06. The Labute approximate surface area is 120 Å². The van der Waals surface area contributed by atoms with Gasteiger partial charge < -0.3 is 5.73 Å². The summed E-state index contributed by atoms with van der Waals surface area (Å²) < 4.78 is 3.18. The van der Waals surface area contributed by atoms with Crippen molar-refractivity contribution in [3.05, 3.63) is 43.6 Å². The molecule has 0 aliphatic heterocycles. The Hall–Kier alpha value is -0.430. The van der Waals surface area contributed by atoms with Gasteiger partial charge in [-0.25, -0.2) is 4.68 Å². The number of hydrogen-bond acceptors (Lipinski definition) is 3. The molecule has 1 unspecified atom stereocenters. The van der Waals surface area contributed by atoms with Crippen molar-refractivity contribution in [2.75, 3.05) is 0 Å². The first kappa shape index (κ1) is 13.0. The van der Waals surface area contributed by atoms with E-state index in [0.29, 0.717) is 9.63 Å². The predicted octanol–water partition coefficient (Wildman–Crippen LogP) is 3.04. The zero-order chi connectivity index (χ0) is 12.6. The highest BCUT2D eigenvalue weighted by atomic mass is 79.9. The summed E-state index contributed by atoms with van der Waals surface area (Å²) in [7, 11) is 1.80. The third-order valence-electron chi connectivity index (χ3n) is 2.41. The summed E-state index contributed by atoms with van der Waals surface area (Å²) in [6.07, 6.45) is 0. The van der Waals surface area contributed by atoms with Crippen molar-refractivity contribution in [1.29, 1.82) is 0 Å². The number of nitrogens with zero attached hydrogens (tertiary/aromatic N) is 3. The minimum absolute atomic E-state index is 0.350. The van der Waals surface area contributed by atoms with Crippen LogP contribution in [0.4, 0.5) is 0 Å². The van der Waals surface area contributed by atoms with Crippen LogP contribution in [0.3, 0.4) is 0 Å². The molecule has 1 aromatic heterocycles. The zero-order valence-electron chi connectivity index (χ0n) is 8.86. The van der Waals surface area contributed by atoms with Gasteiger partial charge in [0.1, 0.15) is 0 Å². The Bertz CT molecular complexity index is 536. The first-order chi connectivity index (χ1) is 8.00. The van der Waals surface area contributed by atoms with Crippen molar-refractivity contribution in [2.24, 2.45) is 12.8 Å². The van der Waals surface area contributed by atoms with Crippen LogP contribution in [0.15, 0.2) is 27.3 Å². The van der Waals surface area contributed by atoms with Crippen LogP contribution in [0.25, 0.3) is 0 Å². The van der Waals surface area contributed by atoms with Gasteiger partial charge in [0.2, 0.25) is 0 Å². The molecule has 0 spiro atoms. The molecule has 0 fully saturated rings. The third kappa shape index (κ3) is 2.54. The highest BCUT2D eigenvalue weighted by molar-refractivity contribution is 9.10. The Morgan fingerprint density at radius 3 is 2.71 bits per heavy atom. The van der Waals surface area contributed by atoms with Gasteiger partial charge in [-0.1, -0.05) is 32.7 Å². The molecule has 90 valence electrons. The molecule has 0 amide bonds. The van der Waals surface area contributed by atoms with Gasteiger partial charge in [0.25, 0.3) is 0 Å². The first-order valence-electron chi connectivity index (χ1n) is 4.76. The van der Waals surface area contributed by atoms with Gasteiger partial charge in [0.05, 0.1) is 11.7 Å². The Kier molecular flexibility index (Phi) is 3.87. The summed E-state index contributed by atoms with van der Waals surface area (Å²) in [6.45, 7) is 0. The molecule has 2 N–H and O–H groups in total. The summed E-state index contributed by atoms with van der Waals surface area (Å²) >= 11 is 12.8. The van der Waals surface area contributed by atoms with Crippen LogP contribution < -0.4 is 5.73 Å². The molecule has 7 heteroatoms. The maximum absolute atomic E-state index is 6.21.